The molecule has 1 unspecified atom stereocenters. The number of piperidine rings is 1. The van der Waals surface area contributed by atoms with E-state index in [0.29, 0.717) is 40.6 Å². The lowest BCUT2D eigenvalue weighted by molar-refractivity contribution is -0.389. The lowest BCUT2D eigenvalue weighted by atomic mass is 9.93. The van der Waals surface area contributed by atoms with Crippen LogP contribution < -0.4 is 14.4 Å². The number of pyridine rings is 1. The van der Waals surface area contributed by atoms with Gasteiger partial charge >= 0.3 is 11.1 Å². The highest BCUT2D eigenvalue weighted by molar-refractivity contribution is 6.35. The summed E-state index contributed by atoms with van der Waals surface area (Å²) in [6.45, 7) is 2.86. The number of nitro groups is 1. The van der Waals surface area contributed by atoms with Gasteiger partial charge in [0.05, 0.1) is 17.7 Å². The maximum atomic E-state index is 10.8. The Balaban J connectivity index is 1.15. The highest BCUT2D eigenvalue weighted by Gasteiger charge is 2.20. The molecule has 0 radical (unpaired) electrons. The number of hydrogen-bond acceptors (Lipinski definition) is 8. The number of benzene rings is 1. The molecule has 10 nitrogen and oxygen atoms in total. The highest BCUT2D eigenvalue weighted by Crippen LogP contribution is 2.28. The number of aromatic nitrogens is 3. The van der Waals surface area contributed by atoms with E-state index in [2.05, 4.69) is 14.9 Å². The summed E-state index contributed by atoms with van der Waals surface area (Å²) in [5.74, 6) is 1.32. The predicted molar refractivity (Wildman–Crippen MR) is 146 cm³/mol. The van der Waals surface area contributed by atoms with Crippen LogP contribution >= 0.6 is 34.8 Å². The number of halogens is 3. The van der Waals surface area contributed by atoms with E-state index in [1.165, 1.54) is 17.0 Å². The number of hydrogen-bond donors (Lipinski definition) is 1. The van der Waals surface area contributed by atoms with E-state index in [1.807, 2.05) is 24.3 Å². The number of nitrogens with zero attached hydrogens (tertiary/aromatic N) is 5. The van der Waals surface area contributed by atoms with E-state index in [1.54, 1.807) is 6.07 Å². The van der Waals surface area contributed by atoms with Gasteiger partial charge < -0.3 is 29.6 Å². The number of rotatable bonds is 12. The number of aliphatic hydroxyl groups is 1. The zero-order valence-corrected chi connectivity index (χ0v) is 22.8. The maximum absolute atomic E-state index is 10.8. The van der Waals surface area contributed by atoms with Crippen LogP contribution in [0.5, 0.6) is 11.6 Å². The summed E-state index contributed by atoms with van der Waals surface area (Å²) in [6, 6.07) is 9.44. The van der Waals surface area contributed by atoms with Gasteiger partial charge in [-0.05, 0) is 83.4 Å². The van der Waals surface area contributed by atoms with Crippen molar-refractivity contribution in [1.82, 2.24) is 14.5 Å². The second-order valence-electron chi connectivity index (χ2n) is 9.07. The van der Waals surface area contributed by atoms with Crippen LogP contribution in [0.2, 0.25) is 15.3 Å². The molecule has 1 fully saturated rings. The molecule has 204 valence electrons. The van der Waals surface area contributed by atoms with E-state index in [9.17, 15) is 15.2 Å². The van der Waals surface area contributed by atoms with Gasteiger partial charge in [-0.25, -0.2) is 4.98 Å². The smallest absolute Gasteiger partial charge is 0.383 e. The summed E-state index contributed by atoms with van der Waals surface area (Å²) in [5, 5.41) is 21.9. The molecule has 38 heavy (non-hydrogen) atoms. The molecule has 3 heterocycles. The van der Waals surface area contributed by atoms with Gasteiger partial charge in [0.1, 0.15) is 23.6 Å². The highest BCUT2D eigenvalue weighted by atomic mass is 35.5. The van der Waals surface area contributed by atoms with Crippen LogP contribution in [0.1, 0.15) is 25.7 Å². The SMILES string of the molecule is O=[N+]([O-])c1cn(CCC(O)COc2ccc(N3CCC(CCOc4ncc(Cl)cc4Cl)CC3)cc2)c(Cl)n1. The Kier molecular flexibility index (Phi) is 9.90. The molecule has 1 aromatic carbocycles. The molecule has 1 aliphatic rings. The fraction of sp³-hybridized carbons (Fsp3) is 0.440. The number of imidazole rings is 1. The minimum Gasteiger partial charge on any atom is -0.491 e. The second-order valence-corrected chi connectivity index (χ2v) is 10.3. The molecule has 0 bridgehead atoms. The van der Waals surface area contributed by atoms with Crippen LogP contribution in [-0.2, 0) is 6.54 Å². The molecule has 4 rings (SSSR count). The van der Waals surface area contributed by atoms with Crippen LogP contribution in [0.3, 0.4) is 0 Å². The van der Waals surface area contributed by atoms with Crippen molar-refractivity contribution in [3.05, 3.63) is 68.2 Å². The van der Waals surface area contributed by atoms with Crippen LogP contribution in [-0.4, -0.2) is 57.0 Å². The molecular weight excluding hydrogens is 557 g/mol. The largest absolute Gasteiger partial charge is 0.491 e. The molecule has 0 saturated carbocycles. The van der Waals surface area contributed by atoms with Gasteiger partial charge in [0.25, 0.3) is 0 Å². The molecule has 2 aromatic heterocycles. The molecule has 0 amide bonds. The lowest BCUT2D eigenvalue weighted by Gasteiger charge is -2.33. The molecule has 0 spiro atoms. The minimum atomic E-state index is -0.762. The van der Waals surface area contributed by atoms with Crippen molar-refractivity contribution in [2.75, 3.05) is 31.2 Å². The van der Waals surface area contributed by atoms with Gasteiger partial charge in [0.15, 0.2) is 0 Å². The van der Waals surface area contributed by atoms with Gasteiger partial charge in [0, 0.05) is 31.5 Å². The quantitative estimate of drug-likeness (QED) is 0.214. The normalized spacial score (nSPS) is 14.9. The summed E-state index contributed by atoms with van der Waals surface area (Å²) in [6.07, 6.45) is 5.40. The van der Waals surface area contributed by atoms with Crippen molar-refractivity contribution in [2.45, 2.75) is 38.3 Å². The Morgan fingerprint density at radius 2 is 1.89 bits per heavy atom. The monoisotopic (exact) mass is 583 g/mol. The third-order valence-corrected chi connectivity index (χ3v) is 7.18. The zero-order valence-electron chi connectivity index (χ0n) is 20.5. The first-order valence-corrected chi connectivity index (χ1v) is 13.4. The summed E-state index contributed by atoms with van der Waals surface area (Å²) in [7, 11) is 0. The predicted octanol–water partition coefficient (Wildman–Crippen LogP) is 5.66. The van der Waals surface area contributed by atoms with Gasteiger partial charge in [-0.3, -0.25) is 4.57 Å². The Hall–Kier alpha value is -2.79. The molecule has 1 N–H and O–H groups in total. The molecule has 13 heteroatoms. The second kappa shape index (κ2) is 13.3. The van der Waals surface area contributed by atoms with Crippen molar-refractivity contribution in [2.24, 2.45) is 5.92 Å². The average Bonchev–Trinajstić information content (AvgIpc) is 3.29. The molecule has 1 aliphatic heterocycles. The fourth-order valence-electron chi connectivity index (χ4n) is 4.25. The first kappa shape index (κ1) is 28.2. The molecule has 0 aliphatic carbocycles. The van der Waals surface area contributed by atoms with E-state index < -0.39 is 11.0 Å². The Morgan fingerprint density at radius 3 is 2.55 bits per heavy atom. The van der Waals surface area contributed by atoms with Crippen LogP contribution in [0.25, 0.3) is 0 Å². The summed E-state index contributed by atoms with van der Waals surface area (Å²) in [5.41, 5.74) is 1.13. The average molecular weight is 585 g/mol. The van der Waals surface area contributed by atoms with Gasteiger partial charge in [-0.15, -0.1) is 0 Å². The van der Waals surface area contributed by atoms with E-state index >= 15 is 0 Å². The first-order valence-electron chi connectivity index (χ1n) is 12.2. The Labute approximate surface area is 235 Å². The molecule has 3 aromatic rings. The third-order valence-electron chi connectivity index (χ3n) is 6.40. The molecule has 1 atom stereocenters. The van der Waals surface area contributed by atoms with Gasteiger partial charge in [0.2, 0.25) is 5.88 Å². The van der Waals surface area contributed by atoms with Gasteiger partial charge in [-0.2, -0.15) is 0 Å². The summed E-state index contributed by atoms with van der Waals surface area (Å²) >= 11 is 17.9. The number of aliphatic hydroxyl groups excluding tert-OH is 1. The van der Waals surface area contributed by atoms with E-state index in [4.69, 9.17) is 44.3 Å². The van der Waals surface area contributed by atoms with Gasteiger partial charge in [-0.1, -0.05) is 23.2 Å². The van der Waals surface area contributed by atoms with Crippen molar-refractivity contribution in [3.8, 4) is 11.6 Å². The summed E-state index contributed by atoms with van der Waals surface area (Å²) < 4.78 is 12.9. The zero-order chi connectivity index (χ0) is 27.1. The van der Waals surface area contributed by atoms with Crippen LogP contribution in [0.15, 0.2) is 42.7 Å². The number of anilines is 1. The van der Waals surface area contributed by atoms with Crippen molar-refractivity contribution < 1.29 is 19.5 Å². The van der Waals surface area contributed by atoms with Crippen molar-refractivity contribution >= 4 is 46.3 Å². The molecule has 1 saturated heterocycles. The maximum Gasteiger partial charge on any atom is 0.383 e. The first-order chi connectivity index (χ1) is 18.3. The summed E-state index contributed by atoms with van der Waals surface area (Å²) in [4.78, 5) is 20.3. The molecular formula is C25H28Cl3N5O5. The van der Waals surface area contributed by atoms with Crippen molar-refractivity contribution in [1.29, 1.82) is 0 Å². The standard InChI is InChI=1S/C25H28Cl3N5O5/c26-18-13-22(27)24(29-14-18)37-12-8-17-5-9-31(10-6-17)19-1-3-21(4-2-19)38-16-20(34)7-11-32-15-23(33(35)36)30-25(32)28/h1-4,13-15,17,20,34H,5-12,16H2. The third kappa shape index (κ3) is 7.86. The van der Waals surface area contributed by atoms with Crippen LogP contribution in [0.4, 0.5) is 11.5 Å². The van der Waals surface area contributed by atoms with E-state index in [0.717, 1.165) is 38.0 Å². The minimum absolute atomic E-state index is 0.0120. The van der Waals surface area contributed by atoms with Crippen LogP contribution in [0, 0.1) is 16.0 Å². The Bertz CT molecular complexity index is 1220. The fourth-order valence-corrected chi connectivity index (χ4v) is 4.91. The van der Waals surface area contributed by atoms with E-state index in [-0.39, 0.29) is 24.3 Å². The number of aryl methyl sites for hydroxylation is 1. The Morgan fingerprint density at radius 1 is 1.16 bits per heavy atom. The van der Waals surface area contributed by atoms with Crippen molar-refractivity contribution in [3.63, 3.8) is 0 Å². The number of ether oxygens (including phenoxy) is 2. The lowest BCUT2D eigenvalue weighted by Crippen LogP contribution is -2.34. The topological polar surface area (TPSA) is 116 Å².